The van der Waals surface area contributed by atoms with E-state index in [0.717, 1.165) is 116 Å². The minimum absolute atomic E-state index is 0.0976. The normalized spacial score (nSPS) is 12.9. The Labute approximate surface area is 368 Å². The summed E-state index contributed by atoms with van der Waals surface area (Å²) in [5, 5.41) is 0. The molecular formula is C54H88O6. The first kappa shape index (κ1) is 56.3. The van der Waals surface area contributed by atoms with Gasteiger partial charge < -0.3 is 14.2 Å². The molecule has 0 radical (unpaired) electrons. The number of carbonyl (C=O) groups excluding carboxylic acids is 3. The van der Waals surface area contributed by atoms with Gasteiger partial charge >= 0.3 is 17.9 Å². The Balaban J connectivity index is 4.49. The van der Waals surface area contributed by atoms with Crippen molar-refractivity contribution >= 4 is 17.9 Å². The van der Waals surface area contributed by atoms with E-state index in [1.54, 1.807) is 0 Å². The van der Waals surface area contributed by atoms with Crippen molar-refractivity contribution in [3.8, 4) is 0 Å². The van der Waals surface area contributed by atoms with Crippen molar-refractivity contribution in [2.75, 3.05) is 13.2 Å². The van der Waals surface area contributed by atoms with Crippen molar-refractivity contribution in [2.24, 2.45) is 0 Å². The second kappa shape index (κ2) is 48.0. The Morgan fingerprint density at radius 1 is 0.367 bits per heavy atom. The first-order chi connectivity index (χ1) is 29.5. The van der Waals surface area contributed by atoms with Crippen molar-refractivity contribution in [1.29, 1.82) is 0 Å². The van der Waals surface area contributed by atoms with E-state index in [0.29, 0.717) is 19.3 Å². The van der Waals surface area contributed by atoms with Crippen LogP contribution < -0.4 is 0 Å². The third-order valence-electron chi connectivity index (χ3n) is 9.93. The summed E-state index contributed by atoms with van der Waals surface area (Å²) in [6, 6.07) is 0. The molecule has 1 unspecified atom stereocenters. The van der Waals surface area contributed by atoms with Crippen LogP contribution in [-0.4, -0.2) is 37.2 Å². The van der Waals surface area contributed by atoms with Gasteiger partial charge in [-0.05, 0) is 77.0 Å². The smallest absolute Gasteiger partial charge is 0.306 e. The molecule has 1 atom stereocenters. The van der Waals surface area contributed by atoms with Gasteiger partial charge in [0.05, 0.1) is 0 Å². The topological polar surface area (TPSA) is 78.9 Å². The Morgan fingerprint density at radius 3 is 1.23 bits per heavy atom. The molecule has 340 valence electrons. The van der Waals surface area contributed by atoms with Crippen LogP contribution in [-0.2, 0) is 28.6 Å². The number of hydrogen-bond acceptors (Lipinski definition) is 6. The zero-order valence-corrected chi connectivity index (χ0v) is 38.7. The van der Waals surface area contributed by atoms with Crippen molar-refractivity contribution < 1.29 is 28.6 Å². The molecule has 0 heterocycles. The van der Waals surface area contributed by atoms with Gasteiger partial charge in [0.2, 0.25) is 0 Å². The molecule has 6 nitrogen and oxygen atoms in total. The van der Waals surface area contributed by atoms with E-state index in [2.05, 4.69) is 93.7 Å². The van der Waals surface area contributed by atoms with Crippen LogP contribution in [0.3, 0.4) is 0 Å². The largest absolute Gasteiger partial charge is 0.462 e. The van der Waals surface area contributed by atoms with Crippen LogP contribution in [0.25, 0.3) is 0 Å². The van der Waals surface area contributed by atoms with Crippen LogP contribution in [0.4, 0.5) is 0 Å². The Hall–Kier alpha value is -3.67. The molecule has 0 aliphatic carbocycles. The summed E-state index contributed by atoms with van der Waals surface area (Å²) in [6.45, 7) is 6.31. The number of hydrogen-bond donors (Lipinski definition) is 0. The van der Waals surface area contributed by atoms with E-state index in [4.69, 9.17) is 14.2 Å². The Morgan fingerprint density at radius 2 is 0.733 bits per heavy atom. The second-order valence-electron chi connectivity index (χ2n) is 15.7. The monoisotopic (exact) mass is 833 g/mol. The number of allylic oxidation sites excluding steroid dienone is 16. The molecular weight excluding hydrogens is 745 g/mol. The molecule has 0 N–H and O–H groups in total. The number of unbranched alkanes of at least 4 members (excludes halogenated alkanes) is 18. The standard InChI is InChI=1S/C54H88O6/c1-4-7-10-13-16-19-22-24-26-28-29-32-35-38-41-44-47-53(56)59-50-51(49-58-52(55)46-43-40-37-34-31-21-18-15-12-9-6-3)60-54(57)48-45-42-39-36-33-30-27-25-23-20-17-14-11-8-5-2/h7-8,10-11,14,16-17,19-20,23-27,29,32,51H,4-6,9,12-13,15,18,21-22,28,30-31,33-50H2,1-3H3/b10-7-,11-8-,17-14-,19-16-,23-20-,26-24-,27-25-,32-29-. The first-order valence-electron chi connectivity index (χ1n) is 24.3. The zero-order chi connectivity index (χ0) is 43.7. The lowest BCUT2D eigenvalue weighted by Crippen LogP contribution is -2.30. The second-order valence-corrected chi connectivity index (χ2v) is 15.7. The fourth-order valence-corrected chi connectivity index (χ4v) is 6.32. The Kier molecular flexibility index (Phi) is 45.1. The van der Waals surface area contributed by atoms with Crippen LogP contribution in [0.2, 0.25) is 0 Å². The van der Waals surface area contributed by atoms with Gasteiger partial charge in [-0.1, -0.05) is 208 Å². The molecule has 0 aromatic heterocycles. The minimum atomic E-state index is -0.801. The van der Waals surface area contributed by atoms with Crippen molar-refractivity contribution in [2.45, 2.75) is 213 Å². The van der Waals surface area contributed by atoms with Crippen molar-refractivity contribution in [3.63, 3.8) is 0 Å². The number of rotatable bonds is 42. The van der Waals surface area contributed by atoms with Gasteiger partial charge in [-0.25, -0.2) is 0 Å². The molecule has 6 heteroatoms. The average molecular weight is 833 g/mol. The number of carbonyl (C=O) groups is 3. The fourth-order valence-electron chi connectivity index (χ4n) is 6.32. The van der Waals surface area contributed by atoms with Gasteiger partial charge in [0.25, 0.3) is 0 Å². The molecule has 0 bridgehead atoms. The van der Waals surface area contributed by atoms with Crippen LogP contribution >= 0.6 is 0 Å². The van der Waals surface area contributed by atoms with Gasteiger partial charge in [0.1, 0.15) is 13.2 Å². The van der Waals surface area contributed by atoms with Crippen molar-refractivity contribution in [3.05, 3.63) is 97.2 Å². The summed E-state index contributed by atoms with van der Waals surface area (Å²) >= 11 is 0. The van der Waals surface area contributed by atoms with E-state index in [1.165, 1.54) is 51.4 Å². The Bertz CT molecular complexity index is 1230. The molecule has 0 aliphatic rings. The highest BCUT2D eigenvalue weighted by atomic mass is 16.6. The number of esters is 3. The summed E-state index contributed by atoms with van der Waals surface area (Å²) < 4.78 is 16.7. The van der Waals surface area contributed by atoms with Crippen LogP contribution in [0, 0.1) is 0 Å². The van der Waals surface area contributed by atoms with Gasteiger partial charge in [0, 0.05) is 19.3 Å². The average Bonchev–Trinajstić information content (AvgIpc) is 3.24. The molecule has 0 saturated carbocycles. The molecule has 0 aromatic carbocycles. The highest BCUT2D eigenvalue weighted by molar-refractivity contribution is 5.71. The molecule has 0 spiro atoms. The summed E-state index contributed by atoms with van der Waals surface area (Å²) in [5.41, 5.74) is 0. The first-order valence-corrected chi connectivity index (χ1v) is 24.3. The van der Waals surface area contributed by atoms with E-state index >= 15 is 0 Å². The highest BCUT2D eigenvalue weighted by Gasteiger charge is 2.19. The SMILES string of the molecule is CC\C=C/C=C\C=C/C=C\CCCCCCCC(=O)OC(COC(=O)CCCCC/C=C\C/C=C\C/C=C\C/C=C\CC)COC(=O)CCCCCCCCCCCCC. The number of ether oxygens (including phenoxy) is 3. The maximum absolute atomic E-state index is 12.8. The summed E-state index contributed by atoms with van der Waals surface area (Å²) in [5.74, 6) is -0.960. The van der Waals surface area contributed by atoms with Gasteiger partial charge in [-0.3, -0.25) is 14.4 Å². The van der Waals surface area contributed by atoms with Crippen LogP contribution in [0.5, 0.6) is 0 Å². The molecule has 0 saturated heterocycles. The lowest BCUT2D eigenvalue weighted by molar-refractivity contribution is -0.167. The predicted octanol–water partition coefficient (Wildman–Crippen LogP) is 15.8. The molecule has 0 fully saturated rings. The van der Waals surface area contributed by atoms with E-state index < -0.39 is 6.10 Å². The highest BCUT2D eigenvalue weighted by Crippen LogP contribution is 2.14. The molecule has 0 aromatic rings. The maximum atomic E-state index is 12.8. The lowest BCUT2D eigenvalue weighted by atomic mass is 10.1. The third kappa shape index (κ3) is 45.4. The van der Waals surface area contributed by atoms with Crippen molar-refractivity contribution in [1.82, 2.24) is 0 Å². The summed E-state index contributed by atoms with van der Waals surface area (Å²) in [6.07, 6.45) is 62.4. The molecule has 60 heavy (non-hydrogen) atoms. The van der Waals surface area contributed by atoms with Gasteiger partial charge in [-0.15, -0.1) is 0 Å². The fraction of sp³-hybridized carbons (Fsp3) is 0.648. The quantitative estimate of drug-likeness (QED) is 0.0200. The summed E-state index contributed by atoms with van der Waals surface area (Å²) in [4.78, 5) is 37.9. The van der Waals surface area contributed by atoms with E-state index in [1.807, 2.05) is 24.3 Å². The molecule has 0 rings (SSSR count). The van der Waals surface area contributed by atoms with Gasteiger partial charge in [0.15, 0.2) is 6.10 Å². The molecule has 0 aliphatic heterocycles. The van der Waals surface area contributed by atoms with Crippen LogP contribution in [0.15, 0.2) is 97.2 Å². The third-order valence-corrected chi connectivity index (χ3v) is 9.93. The molecule has 0 amide bonds. The zero-order valence-electron chi connectivity index (χ0n) is 38.7. The lowest BCUT2D eigenvalue weighted by Gasteiger charge is -2.18. The predicted molar refractivity (Wildman–Crippen MR) is 256 cm³/mol. The van der Waals surface area contributed by atoms with Crippen LogP contribution in [0.1, 0.15) is 207 Å². The van der Waals surface area contributed by atoms with Gasteiger partial charge in [-0.2, -0.15) is 0 Å². The summed E-state index contributed by atoms with van der Waals surface area (Å²) in [7, 11) is 0. The van der Waals surface area contributed by atoms with E-state index in [9.17, 15) is 14.4 Å². The maximum Gasteiger partial charge on any atom is 0.306 e. The van der Waals surface area contributed by atoms with E-state index in [-0.39, 0.29) is 31.1 Å². The minimum Gasteiger partial charge on any atom is -0.462 e.